The van der Waals surface area contributed by atoms with Crippen molar-refractivity contribution in [3.63, 3.8) is 0 Å². The fourth-order valence-electron chi connectivity index (χ4n) is 2.59. The number of amides is 1. The van der Waals surface area contributed by atoms with Crippen LogP contribution in [0.5, 0.6) is 5.75 Å². The van der Waals surface area contributed by atoms with Gasteiger partial charge in [-0.15, -0.1) is 0 Å². The summed E-state index contributed by atoms with van der Waals surface area (Å²) in [5.41, 5.74) is 6.40. The number of benzene rings is 1. The molecule has 0 unspecified atom stereocenters. The number of rotatable bonds is 6. The summed E-state index contributed by atoms with van der Waals surface area (Å²) in [6.07, 6.45) is 5.04. The second-order valence-electron chi connectivity index (χ2n) is 5.25. The molecule has 0 radical (unpaired) electrons. The van der Waals surface area contributed by atoms with Crippen LogP contribution in [0.3, 0.4) is 0 Å². The normalized spacial score (nSPS) is 15.2. The summed E-state index contributed by atoms with van der Waals surface area (Å²) < 4.78 is 5.59. The van der Waals surface area contributed by atoms with E-state index in [2.05, 4.69) is 5.32 Å². The summed E-state index contributed by atoms with van der Waals surface area (Å²) >= 11 is 12.1. The van der Waals surface area contributed by atoms with Gasteiger partial charge in [0.05, 0.1) is 5.02 Å². The van der Waals surface area contributed by atoms with Crippen molar-refractivity contribution in [3.05, 3.63) is 27.7 Å². The zero-order valence-electron chi connectivity index (χ0n) is 11.8. The van der Waals surface area contributed by atoms with Gasteiger partial charge < -0.3 is 15.8 Å². The predicted octanol–water partition coefficient (Wildman–Crippen LogP) is 2.93. The second kappa shape index (κ2) is 7.87. The van der Waals surface area contributed by atoms with Crippen LogP contribution in [0.4, 0.5) is 0 Å². The maximum atomic E-state index is 11.9. The third-order valence-corrected chi connectivity index (χ3v) is 4.07. The lowest BCUT2D eigenvalue weighted by Gasteiger charge is -2.15. The first-order valence-corrected chi connectivity index (χ1v) is 7.96. The zero-order valence-corrected chi connectivity index (χ0v) is 13.3. The molecule has 0 aliphatic heterocycles. The third kappa shape index (κ3) is 4.77. The van der Waals surface area contributed by atoms with Crippen LogP contribution >= 0.6 is 23.2 Å². The highest BCUT2D eigenvalue weighted by molar-refractivity contribution is 6.35. The smallest absolute Gasteiger partial charge is 0.258 e. The van der Waals surface area contributed by atoms with E-state index in [1.165, 1.54) is 12.8 Å². The van der Waals surface area contributed by atoms with Crippen LogP contribution in [0.15, 0.2) is 12.1 Å². The molecule has 21 heavy (non-hydrogen) atoms. The largest absolute Gasteiger partial charge is 0.482 e. The van der Waals surface area contributed by atoms with Crippen LogP contribution in [-0.2, 0) is 11.2 Å². The van der Waals surface area contributed by atoms with E-state index in [-0.39, 0.29) is 18.6 Å². The lowest BCUT2D eigenvalue weighted by molar-refractivity contribution is -0.123. The molecule has 1 aromatic rings. The van der Waals surface area contributed by atoms with Crippen LogP contribution in [0.1, 0.15) is 31.2 Å². The first-order chi connectivity index (χ1) is 10.1. The van der Waals surface area contributed by atoms with Gasteiger partial charge in [0.15, 0.2) is 6.61 Å². The Morgan fingerprint density at radius 3 is 2.71 bits per heavy atom. The van der Waals surface area contributed by atoms with Crippen molar-refractivity contribution in [2.45, 2.75) is 38.1 Å². The summed E-state index contributed by atoms with van der Waals surface area (Å²) in [4.78, 5) is 11.9. The van der Waals surface area contributed by atoms with E-state index in [4.69, 9.17) is 33.7 Å². The molecule has 0 saturated heterocycles. The van der Waals surface area contributed by atoms with E-state index >= 15 is 0 Å². The zero-order chi connectivity index (χ0) is 15.2. The van der Waals surface area contributed by atoms with Crippen molar-refractivity contribution in [1.82, 2.24) is 5.32 Å². The SMILES string of the molecule is NCCc1cc(Cl)cc(Cl)c1OCC(=O)NC1CCCC1. The van der Waals surface area contributed by atoms with Gasteiger partial charge in [-0.1, -0.05) is 36.0 Å². The van der Waals surface area contributed by atoms with Gasteiger partial charge in [-0.2, -0.15) is 0 Å². The van der Waals surface area contributed by atoms with Gasteiger partial charge in [0.2, 0.25) is 0 Å². The molecule has 0 heterocycles. The first kappa shape index (κ1) is 16.4. The maximum absolute atomic E-state index is 11.9. The monoisotopic (exact) mass is 330 g/mol. The molecule has 0 atom stereocenters. The molecule has 2 rings (SSSR count). The van der Waals surface area contributed by atoms with Crippen molar-refractivity contribution in [1.29, 1.82) is 0 Å². The predicted molar refractivity (Wildman–Crippen MR) is 85.1 cm³/mol. The number of carbonyl (C=O) groups excluding carboxylic acids is 1. The van der Waals surface area contributed by atoms with E-state index in [9.17, 15) is 4.79 Å². The van der Waals surface area contributed by atoms with Crippen LogP contribution in [0.2, 0.25) is 10.0 Å². The molecule has 6 heteroatoms. The van der Waals surface area contributed by atoms with Gasteiger partial charge >= 0.3 is 0 Å². The number of hydrogen-bond acceptors (Lipinski definition) is 3. The quantitative estimate of drug-likeness (QED) is 0.842. The highest BCUT2D eigenvalue weighted by Gasteiger charge is 2.18. The minimum Gasteiger partial charge on any atom is -0.482 e. The Balaban J connectivity index is 1.96. The van der Waals surface area contributed by atoms with Crippen molar-refractivity contribution in [2.75, 3.05) is 13.2 Å². The van der Waals surface area contributed by atoms with Crippen molar-refractivity contribution in [3.8, 4) is 5.75 Å². The summed E-state index contributed by atoms with van der Waals surface area (Å²) in [5.74, 6) is 0.375. The molecule has 1 fully saturated rings. The van der Waals surface area contributed by atoms with Crippen molar-refractivity contribution in [2.24, 2.45) is 5.73 Å². The summed E-state index contributed by atoms with van der Waals surface area (Å²) in [6.45, 7) is 0.413. The van der Waals surface area contributed by atoms with Crippen molar-refractivity contribution >= 4 is 29.1 Å². The van der Waals surface area contributed by atoms with Gasteiger partial charge in [-0.3, -0.25) is 4.79 Å². The van der Waals surface area contributed by atoms with Gasteiger partial charge in [0, 0.05) is 11.1 Å². The Kier molecular flexibility index (Phi) is 6.15. The molecule has 1 amide bonds. The number of nitrogens with two attached hydrogens (primary N) is 1. The van der Waals surface area contributed by atoms with E-state index in [0.29, 0.717) is 28.8 Å². The summed E-state index contributed by atoms with van der Waals surface area (Å²) in [7, 11) is 0. The standard InChI is InChI=1S/C15H20Cl2N2O2/c16-11-7-10(5-6-18)15(13(17)8-11)21-9-14(20)19-12-3-1-2-4-12/h7-8,12H,1-6,9,18H2,(H,19,20). The van der Waals surface area contributed by atoms with E-state index < -0.39 is 0 Å². The molecular formula is C15H20Cl2N2O2. The molecule has 1 aliphatic rings. The van der Waals surface area contributed by atoms with Crippen molar-refractivity contribution < 1.29 is 9.53 Å². The molecule has 1 saturated carbocycles. The highest BCUT2D eigenvalue weighted by atomic mass is 35.5. The molecule has 1 aromatic carbocycles. The first-order valence-electron chi connectivity index (χ1n) is 7.20. The number of ether oxygens (including phenoxy) is 1. The molecule has 0 spiro atoms. The summed E-state index contributed by atoms with van der Waals surface area (Å²) in [6, 6.07) is 3.66. The van der Waals surface area contributed by atoms with Gasteiger partial charge in [0.25, 0.3) is 5.91 Å². The number of hydrogen-bond donors (Lipinski definition) is 2. The van der Waals surface area contributed by atoms with E-state index in [1.54, 1.807) is 12.1 Å². The fourth-order valence-corrected chi connectivity index (χ4v) is 3.18. The van der Waals surface area contributed by atoms with Gasteiger partial charge in [-0.05, 0) is 43.5 Å². The Labute approximate surface area is 134 Å². The Morgan fingerprint density at radius 2 is 2.05 bits per heavy atom. The minimum atomic E-state index is -0.119. The Bertz CT molecular complexity index is 503. The van der Waals surface area contributed by atoms with Crippen LogP contribution in [0.25, 0.3) is 0 Å². The molecular weight excluding hydrogens is 311 g/mol. The second-order valence-corrected chi connectivity index (χ2v) is 6.10. The van der Waals surface area contributed by atoms with Crippen LogP contribution < -0.4 is 15.8 Å². The minimum absolute atomic E-state index is 0.0462. The van der Waals surface area contributed by atoms with E-state index in [1.807, 2.05) is 0 Å². The van der Waals surface area contributed by atoms with Crippen LogP contribution in [0, 0.1) is 0 Å². The number of nitrogens with one attached hydrogen (secondary N) is 1. The molecule has 116 valence electrons. The number of halogens is 2. The van der Waals surface area contributed by atoms with Gasteiger partial charge in [-0.25, -0.2) is 0 Å². The Hall–Kier alpha value is -0.970. The lowest BCUT2D eigenvalue weighted by Crippen LogP contribution is -2.36. The third-order valence-electron chi connectivity index (χ3n) is 3.57. The average Bonchev–Trinajstić information content (AvgIpc) is 2.90. The van der Waals surface area contributed by atoms with Gasteiger partial charge in [0.1, 0.15) is 5.75 Å². The topological polar surface area (TPSA) is 64.3 Å². The molecule has 0 aromatic heterocycles. The number of carbonyl (C=O) groups is 1. The lowest BCUT2D eigenvalue weighted by atomic mass is 10.1. The average molecular weight is 331 g/mol. The molecule has 1 aliphatic carbocycles. The van der Waals surface area contributed by atoms with Crippen LogP contribution in [-0.4, -0.2) is 25.1 Å². The molecule has 0 bridgehead atoms. The fraction of sp³-hybridized carbons (Fsp3) is 0.533. The molecule has 3 N–H and O–H groups in total. The molecule has 4 nitrogen and oxygen atoms in total. The maximum Gasteiger partial charge on any atom is 0.258 e. The summed E-state index contributed by atoms with van der Waals surface area (Å²) in [5, 5.41) is 3.91. The van der Waals surface area contributed by atoms with E-state index in [0.717, 1.165) is 18.4 Å². The Morgan fingerprint density at radius 1 is 1.33 bits per heavy atom. The highest BCUT2D eigenvalue weighted by Crippen LogP contribution is 2.32.